The average molecular weight is 492 g/mol. The van der Waals surface area contributed by atoms with Crippen LogP contribution in [-0.2, 0) is 16.0 Å². The Bertz CT molecular complexity index is 1460. The van der Waals surface area contributed by atoms with E-state index in [2.05, 4.69) is 5.32 Å². The second-order valence-electron chi connectivity index (χ2n) is 7.65. The highest BCUT2D eigenvalue weighted by Crippen LogP contribution is 2.32. The molecule has 8 heteroatoms. The van der Waals surface area contributed by atoms with Crippen molar-refractivity contribution in [3.05, 3.63) is 93.1 Å². The molecule has 0 aliphatic rings. The Kier molecular flexibility index (Phi) is 7.17. The largest absolute Gasteiger partial charge is 0.476 e. The lowest BCUT2D eigenvalue weighted by Gasteiger charge is -2.13. The van der Waals surface area contributed by atoms with E-state index in [1.165, 1.54) is 13.2 Å². The molecule has 1 heterocycles. The van der Waals surface area contributed by atoms with Crippen molar-refractivity contribution in [1.82, 2.24) is 0 Å². The summed E-state index contributed by atoms with van der Waals surface area (Å²) in [5.74, 6) is -1.06. The fourth-order valence-electron chi connectivity index (χ4n) is 3.57. The summed E-state index contributed by atoms with van der Waals surface area (Å²) < 4.78 is 16.5. The van der Waals surface area contributed by atoms with Crippen LogP contribution >= 0.6 is 11.6 Å². The van der Waals surface area contributed by atoms with E-state index in [1.54, 1.807) is 54.6 Å². The first-order chi connectivity index (χ1) is 16.9. The monoisotopic (exact) mass is 491 g/mol. The molecule has 0 bridgehead atoms. The molecule has 3 aromatic carbocycles. The van der Waals surface area contributed by atoms with Crippen molar-refractivity contribution >= 4 is 40.1 Å². The Morgan fingerprint density at radius 1 is 1.03 bits per heavy atom. The number of methoxy groups -OCH3 is 1. The van der Waals surface area contributed by atoms with E-state index in [4.69, 9.17) is 25.5 Å². The summed E-state index contributed by atoms with van der Waals surface area (Å²) in [7, 11) is 1.26. The van der Waals surface area contributed by atoms with Gasteiger partial charge in [0, 0.05) is 10.6 Å². The molecule has 0 spiro atoms. The number of halogens is 1. The van der Waals surface area contributed by atoms with Gasteiger partial charge in [0.15, 0.2) is 12.4 Å². The van der Waals surface area contributed by atoms with Crippen LogP contribution in [0.3, 0.4) is 0 Å². The topological polar surface area (TPSA) is 94.8 Å². The molecular formula is C27H22ClNO6. The van der Waals surface area contributed by atoms with Crippen LogP contribution in [-0.4, -0.2) is 25.6 Å². The van der Waals surface area contributed by atoms with E-state index in [-0.39, 0.29) is 22.8 Å². The Balaban J connectivity index is 1.68. The second kappa shape index (κ2) is 10.4. The van der Waals surface area contributed by atoms with E-state index in [9.17, 15) is 14.4 Å². The Labute approximate surface area is 206 Å². The zero-order chi connectivity index (χ0) is 24.9. The molecule has 35 heavy (non-hydrogen) atoms. The molecular weight excluding hydrogens is 470 g/mol. The smallest absolute Gasteiger partial charge is 0.339 e. The lowest BCUT2D eigenvalue weighted by molar-refractivity contribution is -0.118. The van der Waals surface area contributed by atoms with Crippen LogP contribution in [0.5, 0.6) is 5.75 Å². The third-order valence-corrected chi connectivity index (χ3v) is 5.63. The third-order valence-electron chi connectivity index (χ3n) is 5.38. The van der Waals surface area contributed by atoms with Gasteiger partial charge in [-0.05, 0) is 60.5 Å². The number of ether oxygens (including phenoxy) is 2. The van der Waals surface area contributed by atoms with Crippen molar-refractivity contribution in [3.63, 3.8) is 0 Å². The highest BCUT2D eigenvalue weighted by atomic mass is 35.5. The van der Waals surface area contributed by atoms with Crippen molar-refractivity contribution in [2.75, 3.05) is 19.0 Å². The minimum atomic E-state index is -0.589. The van der Waals surface area contributed by atoms with Crippen LogP contribution in [0.4, 0.5) is 5.69 Å². The molecule has 0 saturated heterocycles. The number of esters is 1. The van der Waals surface area contributed by atoms with Gasteiger partial charge < -0.3 is 19.2 Å². The zero-order valence-corrected chi connectivity index (χ0v) is 19.8. The molecule has 7 nitrogen and oxygen atoms in total. The van der Waals surface area contributed by atoms with E-state index in [1.807, 2.05) is 13.0 Å². The number of nitrogens with one attached hydrogen (secondary N) is 1. The first kappa shape index (κ1) is 24.0. The molecule has 0 saturated carbocycles. The van der Waals surface area contributed by atoms with Gasteiger partial charge in [0.25, 0.3) is 5.91 Å². The minimum absolute atomic E-state index is 0.0931. The summed E-state index contributed by atoms with van der Waals surface area (Å²) in [6.07, 6.45) is 0.743. The normalized spacial score (nSPS) is 10.7. The fraction of sp³-hybridized carbons (Fsp3) is 0.148. The van der Waals surface area contributed by atoms with E-state index in [0.29, 0.717) is 21.6 Å². The fourth-order valence-corrected chi connectivity index (χ4v) is 3.70. The molecule has 1 aromatic heterocycles. The van der Waals surface area contributed by atoms with E-state index >= 15 is 0 Å². The van der Waals surface area contributed by atoms with Crippen molar-refractivity contribution in [3.8, 4) is 17.1 Å². The maximum absolute atomic E-state index is 13.4. The molecule has 0 atom stereocenters. The van der Waals surface area contributed by atoms with Crippen LogP contribution in [0.2, 0.25) is 5.02 Å². The average Bonchev–Trinajstić information content (AvgIpc) is 2.88. The van der Waals surface area contributed by atoms with Gasteiger partial charge in [-0.25, -0.2) is 4.79 Å². The Hall–Kier alpha value is -4.10. The molecule has 0 unspecified atom stereocenters. The number of fused-ring (bicyclic) bond motifs is 1. The highest BCUT2D eigenvalue weighted by Gasteiger charge is 2.20. The summed E-state index contributed by atoms with van der Waals surface area (Å²) in [4.78, 5) is 38.1. The first-order valence-corrected chi connectivity index (χ1v) is 11.2. The van der Waals surface area contributed by atoms with Crippen molar-refractivity contribution in [2.45, 2.75) is 13.3 Å². The third kappa shape index (κ3) is 5.20. The molecule has 4 aromatic rings. The van der Waals surface area contributed by atoms with Gasteiger partial charge in [0.1, 0.15) is 5.58 Å². The van der Waals surface area contributed by atoms with Gasteiger partial charge in [-0.15, -0.1) is 0 Å². The number of rotatable bonds is 7. The number of carbonyl (C=O) groups excluding carboxylic acids is 2. The number of hydrogen-bond acceptors (Lipinski definition) is 6. The van der Waals surface area contributed by atoms with Crippen molar-refractivity contribution < 1.29 is 23.5 Å². The molecule has 4 rings (SSSR count). The van der Waals surface area contributed by atoms with Gasteiger partial charge in [-0.2, -0.15) is 0 Å². The molecule has 1 N–H and O–H groups in total. The van der Waals surface area contributed by atoms with Crippen LogP contribution in [0.1, 0.15) is 22.8 Å². The van der Waals surface area contributed by atoms with Gasteiger partial charge >= 0.3 is 5.97 Å². The van der Waals surface area contributed by atoms with Gasteiger partial charge in [0.2, 0.25) is 11.2 Å². The second-order valence-corrected chi connectivity index (χ2v) is 8.09. The molecule has 0 radical (unpaired) electrons. The number of amides is 1. The summed E-state index contributed by atoms with van der Waals surface area (Å²) in [6, 6.07) is 18.6. The van der Waals surface area contributed by atoms with Crippen LogP contribution in [0, 0.1) is 0 Å². The number of benzene rings is 3. The Morgan fingerprint density at radius 3 is 2.49 bits per heavy atom. The highest BCUT2D eigenvalue weighted by molar-refractivity contribution is 6.30. The zero-order valence-electron chi connectivity index (χ0n) is 19.1. The van der Waals surface area contributed by atoms with Gasteiger partial charge in [0.05, 0.1) is 23.7 Å². The van der Waals surface area contributed by atoms with Crippen LogP contribution < -0.4 is 15.5 Å². The molecule has 178 valence electrons. The lowest BCUT2D eigenvalue weighted by atomic mass is 10.1. The number of hydrogen-bond donors (Lipinski definition) is 1. The molecule has 0 aliphatic carbocycles. The molecule has 1 amide bonds. The number of aryl methyl sites for hydroxylation is 1. The Morgan fingerprint density at radius 2 is 1.77 bits per heavy atom. The van der Waals surface area contributed by atoms with E-state index in [0.717, 1.165) is 12.0 Å². The summed E-state index contributed by atoms with van der Waals surface area (Å²) in [6.45, 7) is 1.50. The van der Waals surface area contributed by atoms with E-state index < -0.39 is 23.9 Å². The van der Waals surface area contributed by atoms with Gasteiger partial charge in [-0.1, -0.05) is 36.7 Å². The number of anilines is 1. The lowest BCUT2D eigenvalue weighted by Crippen LogP contribution is -2.23. The summed E-state index contributed by atoms with van der Waals surface area (Å²) >= 11 is 6.01. The number of para-hydroxylation sites is 1. The standard InChI is InChI=1S/C27H22ClNO6/c1-3-16-8-13-22-20(14-16)24(31)26(25(35-22)17-9-11-18(28)12-10-17)34-15-23(30)29-21-7-5-4-6-19(21)27(32)33-2/h4-14H,3,15H2,1-2H3,(H,29,30). The minimum Gasteiger partial charge on any atom is -0.476 e. The van der Waals surface area contributed by atoms with Crippen LogP contribution in [0.15, 0.2) is 75.9 Å². The quantitative estimate of drug-likeness (QED) is 0.344. The predicted octanol–water partition coefficient (Wildman–Crippen LogP) is 5.48. The van der Waals surface area contributed by atoms with Crippen molar-refractivity contribution in [2.24, 2.45) is 0 Å². The molecule has 0 fully saturated rings. The summed E-state index contributed by atoms with van der Waals surface area (Å²) in [5, 5.41) is 3.50. The molecule has 0 aliphatic heterocycles. The maximum atomic E-state index is 13.4. The van der Waals surface area contributed by atoms with Crippen molar-refractivity contribution in [1.29, 1.82) is 0 Å². The van der Waals surface area contributed by atoms with Crippen LogP contribution in [0.25, 0.3) is 22.3 Å². The maximum Gasteiger partial charge on any atom is 0.339 e. The van der Waals surface area contributed by atoms with Gasteiger partial charge in [-0.3, -0.25) is 9.59 Å². The SMILES string of the molecule is CCc1ccc2oc(-c3ccc(Cl)cc3)c(OCC(=O)Nc3ccccc3C(=O)OC)c(=O)c2c1. The predicted molar refractivity (Wildman–Crippen MR) is 134 cm³/mol. The number of carbonyl (C=O) groups is 2. The first-order valence-electron chi connectivity index (χ1n) is 10.9. The summed E-state index contributed by atoms with van der Waals surface area (Å²) in [5.41, 5.74) is 2.01.